The number of imide groups is 1. The van der Waals surface area contributed by atoms with Gasteiger partial charge in [0.25, 0.3) is 0 Å². The molecule has 5 unspecified atom stereocenters. The van der Waals surface area contributed by atoms with Gasteiger partial charge in [-0.2, -0.15) is 0 Å². The number of carbonyl (C=O) groups excluding carboxylic acids is 3. The molecule has 0 aromatic heterocycles. The molecule has 0 radical (unpaired) electrons. The van der Waals surface area contributed by atoms with Gasteiger partial charge in [-0.3, -0.25) is 19.3 Å². The highest BCUT2D eigenvalue weighted by atomic mass is 16.5. The minimum atomic E-state index is -0.245. The second-order valence-corrected chi connectivity index (χ2v) is 8.51. The average molecular weight is 394 g/mol. The maximum Gasteiger partial charge on any atom is 0.243 e. The molecule has 3 fully saturated rings. The summed E-state index contributed by atoms with van der Waals surface area (Å²) >= 11 is 0. The molecule has 0 spiro atoms. The highest BCUT2D eigenvalue weighted by Gasteiger charge is 2.59. The van der Waals surface area contributed by atoms with Gasteiger partial charge in [0.05, 0.1) is 24.5 Å². The summed E-state index contributed by atoms with van der Waals surface area (Å²) in [7, 11) is 0. The summed E-state index contributed by atoms with van der Waals surface area (Å²) in [4.78, 5) is 41.9. The quantitative estimate of drug-likeness (QED) is 0.569. The summed E-state index contributed by atoms with van der Waals surface area (Å²) in [6, 6.07) is 7.85. The summed E-state index contributed by atoms with van der Waals surface area (Å²) in [6.45, 7) is 3.09. The van der Waals surface area contributed by atoms with Gasteiger partial charge in [-0.05, 0) is 55.7 Å². The molecule has 3 amide bonds. The minimum absolute atomic E-state index is 0.0108. The van der Waals surface area contributed by atoms with Crippen LogP contribution < -0.4 is 4.74 Å². The first-order valence-electron chi connectivity index (χ1n) is 10.6. The fraction of sp³-hybridized carbons (Fsp3) is 0.522. The Morgan fingerprint density at radius 3 is 2.34 bits per heavy atom. The second-order valence-electron chi connectivity index (χ2n) is 8.51. The lowest BCUT2D eigenvalue weighted by molar-refractivity contribution is -0.147. The molecule has 1 aromatic carbocycles. The van der Waals surface area contributed by atoms with Crippen molar-refractivity contribution in [3.63, 3.8) is 0 Å². The first-order chi connectivity index (χ1) is 14.1. The molecule has 1 aromatic rings. The summed E-state index contributed by atoms with van der Waals surface area (Å²) in [5.74, 6) is 0.231. The Morgan fingerprint density at radius 2 is 1.72 bits per heavy atom. The number of hydrogen-bond donors (Lipinski definition) is 0. The maximum absolute atomic E-state index is 13.1. The zero-order valence-electron chi connectivity index (χ0n) is 16.6. The standard InChI is InChI=1S/C23H26N2O4/c1-2-29-17-9-7-14(8-10-17)18-4-3-11-24(18)19(26)13-25-22(27)20-15-5-6-16(12-15)21(20)23(25)28/h5-10,15-16,18,20-21H,2-4,11-13H2,1H3. The third-order valence-electron chi connectivity index (χ3n) is 7.00. The third kappa shape index (κ3) is 2.88. The number of hydrogen-bond acceptors (Lipinski definition) is 4. The molecule has 6 nitrogen and oxygen atoms in total. The van der Waals surface area contributed by atoms with E-state index in [9.17, 15) is 14.4 Å². The van der Waals surface area contributed by atoms with Gasteiger partial charge in [0.1, 0.15) is 12.3 Å². The lowest BCUT2D eigenvalue weighted by atomic mass is 9.85. The van der Waals surface area contributed by atoms with Crippen LogP contribution in [0.15, 0.2) is 36.4 Å². The van der Waals surface area contributed by atoms with E-state index >= 15 is 0 Å². The zero-order valence-corrected chi connectivity index (χ0v) is 16.6. The van der Waals surface area contributed by atoms with Gasteiger partial charge in [-0.1, -0.05) is 24.3 Å². The van der Waals surface area contributed by atoms with Gasteiger partial charge in [0.2, 0.25) is 17.7 Å². The first kappa shape index (κ1) is 18.4. The Kier molecular flexibility index (Phi) is 4.45. The van der Waals surface area contributed by atoms with Crippen molar-refractivity contribution in [2.24, 2.45) is 23.7 Å². The monoisotopic (exact) mass is 394 g/mol. The van der Waals surface area contributed by atoms with E-state index in [-0.39, 0.29) is 54.0 Å². The Bertz CT molecular complexity index is 847. The molecule has 2 bridgehead atoms. The van der Waals surface area contributed by atoms with Crippen molar-refractivity contribution in [2.75, 3.05) is 19.7 Å². The normalized spacial score (nSPS) is 32.4. The predicted octanol–water partition coefficient (Wildman–Crippen LogP) is 2.56. The fourth-order valence-electron chi connectivity index (χ4n) is 5.71. The van der Waals surface area contributed by atoms with Crippen molar-refractivity contribution in [1.82, 2.24) is 9.80 Å². The first-order valence-corrected chi connectivity index (χ1v) is 10.6. The number of ether oxygens (including phenoxy) is 1. The van der Waals surface area contributed by atoms with E-state index in [0.717, 1.165) is 30.6 Å². The van der Waals surface area contributed by atoms with Crippen LogP contribution in [0.4, 0.5) is 0 Å². The van der Waals surface area contributed by atoms with Gasteiger partial charge in [0, 0.05) is 6.54 Å². The van der Waals surface area contributed by atoms with Gasteiger partial charge in [-0.15, -0.1) is 0 Å². The molecule has 5 atom stereocenters. The lowest BCUT2D eigenvalue weighted by Gasteiger charge is -2.27. The largest absolute Gasteiger partial charge is 0.494 e. The number of fused-ring (bicyclic) bond motifs is 5. The number of likely N-dealkylation sites (tertiary alicyclic amines) is 2. The van der Waals surface area contributed by atoms with Crippen molar-refractivity contribution in [1.29, 1.82) is 0 Å². The summed E-state index contributed by atoms with van der Waals surface area (Å²) in [5.41, 5.74) is 1.07. The summed E-state index contributed by atoms with van der Waals surface area (Å²) in [6.07, 6.45) is 6.86. The van der Waals surface area contributed by atoms with E-state index in [1.54, 1.807) is 0 Å². The van der Waals surface area contributed by atoms with Crippen molar-refractivity contribution < 1.29 is 19.1 Å². The average Bonchev–Trinajstić information content (AvgIpc) is 3.49. The maximum atomic E-state index is 13.1. The molecule has 2 saturated heterocycles. The van der Waals surface area contributed by atoms with Crippen LogP contribution in [0.3, 0.4) is 0 Å². The van der Waals surface area contributed by atoms with Crippen LogP contribution in [-0.4, -0.2) is 47.2 Å². The molecule has 6 heteroatoms. The molecule has 2 aliphatic heterocycles. The number of allylic oxidation sites excluding steroid dienone is 2. The Labute approximate surface area is 170 Å². The molecule has 152 valence electrons. The lowest BCUT2D eigenvalue weighted by Crippen LogP contribution is -2.43. The van der Waals surface area contributed by atoms with Crippen LogP contribution in [0.5, 0.6) is 5.75 Å². The van der Waals surface area contributed by atoms with Crippen molar-refractivity contribution in [2.45, 2.75) is 32.2 Å². The van der Waals surface area contributed by atoms with Gasteiger partial charge in [-0.25, -0.2) is 0 Å². The Morgan fingerprint density at radius 1 is 1.07 bits per heavy atom. The van der Waals surface area contributed by atoms with E-state index in [1.807, 2.05) is 36.1 Å². The highest BCUT2D eigenvalue weighted by Crippen LogP contribution is 2.52. The molecule has 1 saturated carbocycles. The molecule has 5 rings (SSSR count). The molecular weight excluding hydrogens is 368 g/mol. The number of carbonyl (C=O) groups is 3. The van der Waals surface area contributed by atoms with Gasteiger partial charge >= 0.3 is 0 Å². The zero-order chi connectivity index (χ0) is 20.1. The molecular formula is C23H26N2O4. The number of benzene rings is 1. The van der Waals surface area contributed by atoms with Crippen molar-refractivity contribution in [3.05, 3.63) is 42.0 Å². The predicted molar refractivity (Wildman–Crippen MR) is 106 cm³/mol. The van der Waals surface area contributed by atoms with Crippen molar-refractivity contribution >= 4 is 17.7 Å². The molecule has 2 heterocycles. The van der Waals surface area contributed by atoms with Crippen LogP contribution in [0, 0.1) is 23.7 Å². The second kappa shape index (κ2) is 7.01. The van der Waals surface area contributed by atoms with E-state index in [2.05, 4.69) is 12.2 Å². The van der Waals surface area contributed by atoms with Crippen molar-refractivity contribution in [3.8, 4) is 5.75 Å². The number of nitrogens with zero attached hydrogens (tertiary/aromatic N) is 2. The number of rotatable bonds is 5. The molecule has 4 aliphatic rings. The smallest absolute Gasteiger partial charge is 0.243 e. The molecule has 29 heavy (non-hydrogen) atoms. The SMILES string of the molecule is CCOc1ccc(C2CCCN2C(=O)CN2C(=O)C3C4C=CC(C4)C3C2=O)cc1. The minimum Gasteiger partial charge on any atom is -0.494 e. The van der Waals surface area contributed by atoms with Crippen LogP contribution in [-0.2, 0) is 14.4 Å². The van der Waals surface area contributed by atoms with Crippen LogP contribution >= 0.6 is 0 Å². The van der Waals surface area contributed by atoms with E-state index in [1.165, 1.54) is 4.90 Å². The van der Waals surface area contributed by atoms with Gasteiger partial charge in [0.15, 0.2) is 0 Å². The van der Waals surface area contributed by atoms with Crippen LogP contribution in [0.1, 0.15) is 37.8 Å². The van der Waals surface area contributed by atoms with Gasteiger partial charge < -0.3 is 9.64 Å². The molecule has 2 aliphatic carbocycles. The molecule has 0 N–H and O–H groups in total. The summed E-state index contributed by atoms with van der Waals surface area (Å²) in [5, 5.41) is 0. The topological polar surface area (TPSA) is 66.9 Å². The fourth-order valence-corrected chi connectivity index (χ4v) is 5.71. The highest BCUT2D eigenvalue weighted by molar-refractivity contribution is 6.08. The summed E-state index contributed by atoms with van der Waals surface area (Å²) < 4.78 is 5.50. The van der Waals surface area contributed by atoms with E-state index < -0.39 is 0 Å². The Balaban J connectivity index is 1.29. The number of amides is 3. The Hall–Kier alpha value is -2.63. The third-order valence-corrected chi connectivity index (χ3v) is 7.00. The van der Waals surface area contributed by atoms with E-state index in [4.69, 9.17) is 4.74 Å². The van der Waals surface area contributed by atoms with Crippen LogP contribution in [0.25, 0.3) is 0 Å². The van der Waals surface area contributed by atoms with Crippen LogP contribution in [0.2, 0.25) is 0 Å². The van der Waals surface area contributed by atoms with E-state index in [0.29, 0.717) is 13.2 Å².